The number of nitrogens with one attached hydrogen (secondary N) is 1. The van der Waals surface area contributed by atoms with Gasteiger partial charge in [-0.15, -0.1) is 0 Å². The van der Waals surface area contributed by atoms with E-state index in [9.17, 15) is 13.6 Å². The maximum atomic E-state index is 11.8. The van der Waals surface area contributed by atoms with Crippen LogP contribution < -0.4 is 11.1 Å². The minimum Gasteiger partial charge on any atom is -0.385 e. The van der Waals surface area contributed by atoms with Crippen molar-refractivity contribution in [2.75, 3.05) is 20.3 Å². The highest BCUT2D eigenvalue weighted by atomic mass is 19.3. The highest BCUT2D eigenvalue weighted by molar-refractivity contribution is 5.81. The summed E-state index contributed by atoms with van der Waals surface area (Å²) in [6.45, 7) is -0.523. The number of ether oxygens (including phenoxy) is 1. The maximum absolute atomic E-state index is 11.8. The number of rotatable bonds is 6. The SMILES string of the molecule is COCC(N)C(=O)NCC(O)C(F)F. The number of carbonyl (C=O) groups is 1. The van der Waals surface area contributed by atoms with E-state index in [4.69, 9.17) is 10.8 Å². The van der Waals surface area contributed by atoms with E-state index in [1.54, 1.807) is 0 Å². The lowest BCUT2D eigenvalue weighted by Gasteiger charge is -2.13. The van der Waals surface area contributed by atoms with Gasteiger partial charge in [-0.25, -0.2) is 8.78 Å². The Hall–Kier alpha value is -0.790. The molecule has 7 heteroatoms. The van der Waals surface area contributed by atoms with Crippen molar-refractivity contribution in [3.8, 4) is 0 Å². The van der Waals surface area contributed by atoms with Gasteiger partial charge < -0.3 is 20.9 Å². The second-order valence-corrected chi connectivity index (χ2v) is 2.71. The number of halogens is 2. The Bertz CT molecular complexity index is 180. The fraction of sp³-hybridized carbons (Fsp3) is 0.857. The first-order valence-electron chi connectivity index (χ1n) is 3.97. The molecule has 0 spiro atoms. The van der Waals surface area contributed by atoms with Crippen LogP contribution in [0.25, 0.3) is 0 Å². The molecule has 2 atom stereocenters. The molecule has 0 aromatic heterocycles. The summed E-state index contributed by atoms with van der Waals surface area (Å²) in [7, 11) is 1.36. The number of hydrogen-bond acceptors (Lipinski definition) is 4. The van der Waals surface area contributed by atoms with Gasteiger partial charge in [0.05, 0.1) is 6.61 Å². The summed E-state index contributed by atoms with van der Waals surface area (Å²) in [6.07, 6.45) is -4.75. The van der Waals surface area contributed by atoms with E-state index in [0.717, 1.165) is 0 Å². The molecule has 4 N–H and O–H groups in total. The van der Waals surface area contributed by atoms with Crippen LogP contribution in [0.1, 0.15) is 0 Å². The molecule has 2 unspecified atom stereocenters. The third-order valence-corrected chi connectivity index (χ3v) is 1.46. The van der Waals surface area contributed by atoms with E-state index in [-0.39, 0.29) is 6.61 Å². The average molecular weight is 212 g/mol. The predicted molar refractivity (Wildman–Crippen MR) is 44.9 cm³/mol. The van der Waals surface area contributed by atoms with Crippen molar-refractivity contribution < 1.29 is 23.4 Å². The summed E-state index contributed by atoms with van der Waals surface area (Å²) in [6, 6.07) is -0.912. The standard InChI is InChI=1S/C7H14F2N2O3/c1-14-3-4(10)7(13)11-2-5(12)6(8)9/h4-6,12H,2-3,10H2,1H3,(H,11,13). The van der Waals surface area contributed by atoms with E-state index < -0.39 is 31.0 Å². The van der Waals surface area contributed by atoms with E-state index >= 15 is 0 Å². The molecule has 0 saturated carbocycles. The molecule has 84 valence electrons. The molecule has 0 bridgehead atoms. The van der Waals surface area contributed by atoms with Gasteiger partial charge in [0.1, 0.15) is 12.1 Å². The Morgan fingerprint density at radius 1 is 1.64 bits per heavy atom. The van der Waals surface area contributed by atoms with Crippen molar-refractivity contribution in [1.82, 2.24) is 5.32 Å². The number of carbonyl (C=O) groups excluding carboxylic acids is 1. The third-order valence-electron chi connectivity index (χ3n) is 1.46. The second kappa shape index (κ2) is 6.63. The van der Waals surface area contributed by atoms with E-state index in [1.165, 1.54) is 7.11 Å². The minimum atomic E-state index is -2.88. The lowest BCUT2D eigenvalue weighted by Crippen LogP contribution is -2.46. The number of aliphatic hydroxyl groups is 1. The monoisotopic (exact) mass is 212 g/mol. The van der Waals surface area contributed by atoms with Crippen LogP contribution in [0.2, 0.25) is 0 Å². The lowest BCUT2D eigenvalue weighted by atomic mass is 10.3. The summed E-state index contributed by atoms with van der Waals surface area (Å²) in [5.74, 6) is -0.633. The molecule has 0 aliphatic rings. The zero-order valence-corrected chi connectivity index (χ0v) is 7.74. The first kappa shape index (κ1) is 13.2. The van der Waals surface area contributed by atoms with Crippen LogP contribution in [0.15, 0.2) is 0 Å². The number of nitrogens with two attached hydrogens (primary N) is 1. The Kier molecular flexibility index (Phi) is 6.26. The molecule has 14 heavy (non-hydrogen) atoms. The highest BCUT2D eigenvalue weighted by Gasteiger charge is 2.19. The zero-order valence-electron chi connectivity index (χ0n) is 7.74. The summed E-state index contributed by atoms with van der Waals surface area (Å²) in [5.41, 5.74) is 5.28. The number of hydrogen-bond donors (Lipinski definition) is 3. The van der Waals surface area contributed by atoms with Crippen molar-refractivity contribution in [3.63, 3.8) is 0 Å². The third kappa shape index (κ3) is 5.05. The summed E-state index contributed by atoms with van der Waals surface area (Å²) in [5, 5.41) is 10.7. The van der Waals surface area contributed by atoms with Gasteiger partial charge in [-0.1, -0.05) is 0 Å². The molecule has 0 aliphatic heterocycles. The van der Waals surface area contributed by atoms with Crippen molar-refractivity contribution >= 4 is 5.91 Å². The van der Waals surface area contributed by atoms with Gasteiger partial charge in [0.15, 0.2) is 0 Å². The Balaban J connectivity index is 3.73. The average Bonchev–Trinajstić information content (AvgIpc) is 2.13. The van der Waals surface area contributed by atoms with E-state index in [1.807, 2.05) is 0 Å². The van der Waals surface area contributed by atoms with E-state index in [0.29, 0.717) is 0 Å². The maximum Gasteiger partial charge on any atom is 0.265 e. The van der Waals surface area contributed by atoms with Gasteiger partial charge in [0, 0.05) is 13.7 Å². The number of alkyl halides is 2. The van der Waals surface area contributed by atoms with Crippen LogP contribution in [0, 0.1) is 0 Å². The van der Waals surface area contributed by atoms with Crippen LogP contribution in [-0.4, -0.2) is 49.8 Å². The Labute approximate surface area is 80.2 Å². The molecule has 0 fully saturated rings. The fourth-order valence-corrected chi connectivity index (χ4v) is 0.681. The topological polar surface area (TPSA) is 84.6 Å². The zero-order chi connectivity index (χ0) is 11.1. The van der Waals surface area contributed by atoms with Crippen molar-refractivity contribution in [2.45, 2.75) is 18.6 Å². The van der Waals surface area contributed by atoms with Gasteiger partial charge in [0.2, 0.25) is 5.91 Å². The van der Waals surface area contributed by atoms with Crippen LogP contribution in [0.4, 0.5) is 8.78 Å². The molecular formula is C7H14F2N2O3. The molecular weight excluding hydrogens is 198 g/mol. The molecule has 0 saturated heterocycles. The molecule has 0 aromatic rings. The normalized spacial score (nSPS) is 15.3. The summed E-state index contributed by atoms with van der Waals surface area (Å²) in [4.78, 5) is 11.0. The number of aliphatic hydroxyl groups excluding tert-OH is 1. The van der Waals surface area contributed by atoms with Gasteiger partial charge in [0.25, 0.3) is 6.43 Å². The number of amides is 1. The molecule has 0 aliphatic carbocycles. The van der Waals surface area contributed by atoms with Gasteiger partial charge >= 0.3 is 0 Å². The summed E-state index contributed by atoms with van der Waals surface area (Å²) < 4.78 is 28.1. The van der Waals surface area contributed by atoms with Crippen LogP contribution in [-0.2, 0) is 9.53 Å². The minimum absolute atomic E-state index is 0.00337. The van der Waals surface area contributed by atoms with Crippen molar-refractivity contribution in [3.05, 3.63) is 0 Å². The smallest absolute Gasteiger partial charge is 0.265 e. The first-order valence-corrected chi connectivity index (χ1v) is 3.97. The largest absolute Gasteiger partial charge is 0.385 e. The number of methoxy groups -OCH3 is 1. The molecule has 1 amide bonds. The molecule has 0 heterocycles. The summed E-state index contributed by atoms with van der Waals surface area (Å²) >= 11 is 0. The molecule has 0 rings (SSSR count). The van der Waals surface area contributed by atoms with Crippen molar-refractivity contribution in [2.24, 2.45) is 5.73 Å². The van der Waals surface area contributed by atoms with Gasteiger partial charge in [-0.05, 0) is 0 Å². The quantitative estimate of drug-likeness (QED) is 0.511. The second-order valence-electron chi connectivity index (χ2n) is 2.71. The van der Waals surface area contributed by atoms with Crippen LogP contribution in [0.3, 0.4) is 0 Å². The van der Waals surface area contributed by atoms with Crippen molar-refractivity contribution in [1.29, 1.82) is 0 Å². The fourth-order valence-electron chi connectivity index (χ4n) is 0.681. The van der Waals surface area contributed by atoms with Gasteiger partial charge in [-0.3, -0.25) is 4.79 Å². The molecule has 0 aromatic carbocycles. The van der Waals surface area contributed by atoms with Crippen LogP contribution in [0.5, 0.6) is 0 Å². The molecule has 5 nitrogen and oxygen atoms in total. The van der Waals surface area contributed by atoms with Crippen LogP contribution >= 0.6 is 0 Å². The predicted octanol–water partition coefficient (Wildman–Crippen LogP) is -1.30. The highest BCUT2D eigenvalue weighted by Crippen LogP contribution is 1.98. The Morgan fingerprint density at radius 2 is 2.21 bits per heavy atom. The Morgan fingerprint density at radius 3 is 2.64 bits per heavy atom. The van der Waals surface area contributed by atoms with E-state index in [2.05, 4.69) is 10.1 Å². The molecule has 0 radical (unpaired) electrons. The first-order chi connectivity index (χ1) is 6.49. The van der Waals surface area contributed by atoms with Gasteiger partial charge in [-0.2, -0.15) is 0 Å². The lowest BCUT2D eigenvalue weighted by molar-refractivity contribution is -0.124.